The molecule has 0 aromatic heterocycles. The Balaban J connectivity index is 1.76. The van der Waals surface area contributed by atoms with Crippen molar-refractivity contribution in [2.75, 3.05) is 20.2 Å². The Bertz CT molecular complexity index is 764. The largest absolute Gasteiger partial charge is 0.496 e. The van der Waals surface area contributed by atoms with Gasteiger partial charge in [-0.25, -0.2) is 0 Å². The van der Waals surface area contributed by atoms with E-state index in [0.29, 0.717) is 18.1 Å². The number of rotatable bonds is 5. The van der Waals surface area contributed by atoms with Crippen molar-refractivity contribution in [3.63, 3.8) is 0 Å². The maximum Gasteiger partial charge on any atom is 0.253 e. The molecule has 0 unspecified atom stereocenters. The fraction of sp³-hybridized carbons (Fsp3) is 0.409. The fourth-order valence-electron chi connectivity index (χ4n) is 3.29. The molecule has 2 aromatic rings. The van der Waals surface area contributed by atoms with E-state index < -0.39 is 0 Å². The van der Waals surface area contributed by atoms with Crippen LogP contribution in [0.4, 0.5) is 0 Å². The van der Waals surface area contributed by atoms with Crippen LogP contribution in [0.1, 0.15) is 41.3 Å². The number of likely N-dealkylation sites (tertiary alicyclic amines) is 1. The third-order valence-corrected chi connectivity index (χ3v) is 5.07. The van der Waals surface area contributed by atoms with Gasteiger partial charge in [-0.2, -0.15) is 0 Å². The summed E-state index contributed by atoms with van der Waals surface area (Å²) in [7, 11) is 1.64. The first kappa shape index (κ1) is 18.3. The van der Waals surface area contributed by atoms with Gasteiger partial charge in [0.25, 0.3) is 5.91 Å². The summed E-state index contributed by atoms with van der Waals surface area (Å²) in [6.07, 6.45) is 2.15. The number of hydrogen-bond acceptors (Lipinski definition) is 3. The second-order valence-corrected chi connectivity index (χ2v) is 7.06. The molecule has 1 saturated heterocycles. The van der Waals surface area contributed by atoms with Crippen LogP contribution in [-0.2, 0) is 6.61 Å². The Hall–Kier alpha value is -2.49. The highest BCUT2D eigenvalue weighted by Crippen LogP contribution is 2.25. The Kier molecular flexibility index (Phi) is 5.82. The average Bonchev–Trinajstić information content (AvgIpc) is 2.67. The van der Waals surface area contributed by atoms with E-state index in [1.165, 1.54) is 0 Å². The first-order valence-corrected chi connectivity index (χ1v) is 9.23. The van der Waals surface area contributed by atoms with Gasteiger partial charge in [0.1, 0.15) is 18.1 Å². The number of ether oxygens (including phenoxy) is 2. The molecule has 0 atom stereocenters. The number of hydrogen-bond donors (Lipinski definition) is 0. The molecule has 2 aromatic carbocycles. The first-order valence-electron chi connectivity index (χ1n) is 9.23. The van der Waals surface area contributed by atoms with Crippen molar-refractivity contribution in [2.45, 2.75) is 33.3 Å². The van der Waals surface area contributed by atoms with Gasteiger partial charge >= 0.3 is 0 Å². The molecule has 0 N–H and O–H groups in total. The number of nitrogens with zero attached hydrogens (tertiary/aromatic N) is 1. The van der Waals surface area contributed by atoms with Crippen molar-refractivity contribution in [3.05, 3.63) is 59.2 Å². The van der Waals surface area contributed by atoms with Gasteiger partial charge in [0.15, 0.2) is 0 Å². The summed E-state index contributed by atoms with van der Waals surface area (Å²) in [5, 5.41) is 0. The van der Waals surface area contributed by atoms with Crippen molar-refractivity contribution in [1.29, 1.82) is 0 Å². The van der Waals surface area contributed by atoms with Crippen LogP contribution in [0.15, 0.2) is 42.5 Å². The molecular weight excluding hydrogens is 326 g/mol. The van der Waals surface area contributed by atoms with Crippen LogP contribution in [0.5, 0.6) is 11.5 Å². The molecule has 26 heavy (non-hydrogen) atoms. The Morgan fingerprint density at radius 3 is 2.54 bits per heavy atom. The third-order valence-electron chi connectivity index (χ3n) is 5.07. The van der Waals surface area contributed by atoms with E-state index in [4.69, 9.17) is 9.47 Å². The van der Waals surface area contributed by atoms with Crippen LogP contribution in [0.2, 0.25) is 0 Å². The van der Waals surface area contributed by atoms with Crippen molar-refractivity contribution in [3.8, 4) is 11.5 Å². The van der Waals surface area contributed by atoms with Crippen LogP contribution >= 0.6 is 0 Å². The molecule has 3 rings (SSSR count). The number of carbonyl (C=O) groups excluding carboxylic acids is 1. The number of carbonyl (C=O) groups is 1. The summed E-state index contributed by atoms with van der Waals surface area (Å²) in [6, 6.07) is 13.5. The van der Waals surface area contributed by atoms with Crippen molar-refractivity contribution in [2.24, 2.45) is 5.92 Å². The molecule has 0 spiro atoms. The summed E-state index contributed by atoms with van der Waals surface area (Å²) in [5.74, 6) is 2.38. The molecule has 1 fully saturated rings. The van der Waals surface area contributed by atoms with E-state index in [1.807, 2.05) is 54.3 Å². The number of methoxy groups -OCH3 is 1. The minimum atomic E-state index is 0.0942. The minimum Gasteiger partial charge on any atom is -0.496 e. The van der Waals surface area contributed by atoms with Crippen molar-refractivity contribution in [1.82, 2.24) is 4.90 Å². The molecule has 0 bridgehead atoms. The van der Waals surface area contributed by atoms with E-state index in [9.17, 15) is 4.79 Å². The fourth-order valence-corrected chi connectivity index (χ4v) is 3.29. The smallest absolute Gasteiger partial charge is 0.253 e. The molecular formula is C22H27NO3. The molecule has 1 aliphatic rings. The molecule has 0 saturated carbocycles. The average molecular weight is 353 g/mol. The number of benzene rings is 2. The zero-order chi connectivity index (χ0) is 18.5. The number of amides is 1. The van der Waals surface area contributed by atoms with Crippen LogP contribution in [0.25, 0.3) is 0 Å². The van der Waals surface area contributed by atoms with E-state index >= 15 is 0 Å². The third kappa shape index (κ3) is 4.18. The van der Waals surface area contributed by atoms with Gasteiger partial charge in [-0.15, -0.1) is 0 Å². The van der Waals surface area contributed by atoms with E-state index in [-0.39, 0.29) is 5.91 Å². The number of piperidine rings is 1. The Labute approximate surface area is 155 Å². The molecule has 1 heterocycles. The van der Waals surface area contributed by atoms with Gasteiger partial charge in [-0.1, -0.05) is 25.1 Å². The summed E-state index contributed by atoms with van der Waals surface area (Å²) in [6.45, 7) is 6.30. The van der Waals surface area contributed by atoms with E-state index in [2.05, 4.69) is 6.92 Å². The van der Waals surface area contributed by atoms with Gasteiger partial charge in [0.05, 0.1) is 7.11 Å². The van der Waals surface area contributed by atoms with Gasteiger partial charge in [0, 0.05) is 24.2 Å². The van der Waals surface area contributed by atoms with Crippen molar-refractivity contribution >= 4 is 5.91 Å². The van der Waals surface area contributed by atoms with Gasteiger partial charge in [0.2, 0.25) is 0 Å². The van der Waals surface area contributed by atoms with Crippen LogP contribution < -0.4 is 9.47 Å². The SMILES string of the molecule is COc1ccc(C(=O)N2CCC(C)CC2)cc1COc1ccccc1C. The second-order valence-electron chi connectivity index (χ2n) is 7.06. The molecule has 0 radical (unpaired) electrons. The van der Waals surface area contributed by atoms with Crippen LogP contribution in [0.3, 0.4) is 0 Å². The molecule has 4 heteroatoms. The highest BCUT2D eigenvalue weighted by atomic mass is 16.5. The zero-order valence-electron chi connectivity index (χ0n) is 15.8. The maximum atomic E-state index is 12.8. The summed E-state index contributed by atoms with van der Waals surface area (Å²) < 4.78 is 11.4. The van der Waals surface area contributed by atoms with Gasteiger partial charge in [-0.05, 0) is 55.5 Å². The lowest BCUT2D eigenvalue weighted by molar-refractivity contribution is 0.0697. The van der Waals surface area contributed by atoms with Gasteiger partial charge < -0.3 is 14.4 Å². The zero-order valence-corrected chi connectivity index (χ0v) is 15.8. The molecule has 0 aliphatic carbocycles. The van der Waals surface area contributed by atoms with Gasteiger partial charge in [-0.3, -0.25) is 4.79 Å². The maximum absolute atomic E-state index is 12.8. The topological polar surface area (TPSA) is 38.8 Å². The lowest BCUT2D eigenvalue weighted by Crippen LogP contribution is -2.37. The second kappa shape index (κ2) is 8.26. The normalized spacial score (nSPS) is 15.0. The standard InChI is InChI=1S/C22H27NO3/c1-16-10-12-23(13-11-16)22(24)18-8-9-21(25-3)19(14-18)15-26-20-7-5-4-6-17(20)2/h4-9,14,16H,10-13,15H2,1-3H3. The lowest BCUT2D eigenvalue weighted by atomic mass is 9.98. The number of aryl methyl sites for hydroxylation is 1. The highest BCUT2D eigenvalue weighted by Gasteiger charge is 2.22. The Morgan fingerprint density at radius 1 is 1.12 bits per heavy atom. The number of para-hydroxylation sites is 1. The molecule has 1 aliphatic heterocycles. The monoisotopic (exact) mass is 353 g/mol. The van der Waals surface area contributed by atoms with E-state index in [1.54, 1.807) is 7.11 Å². The van der Waals surface area contributed by atoms with Crippen LogP contribution in [0, 0.1) is 12.8 Å². The quantitative estimate of drug-likeness (QED) is 0.797. The minimum absolute atomic E-state index is 0.0942. The highest BCUT2D eigenvalue weighted by molar-refractivity contribution is 5.94. The predicted octanol–water partition coefficient (Wildman–Crippen LogP) is 4.45. The van der Waals surface area contributed by atoms with Crippen LogP contribution in [-0.4, -0.2) is 31.0 Å². The lowest BCUT2D eigenvalue weighted by Gasteiger charge is -2.30. The molecule has 1 amide bonds. The molecule has 138 valence electrons. The Morgan fingerprint density at radius 2 is 1.85 bits per heavy atom. The van der Waals surface area contributed by atoms with E-state index in [0.717, 1.165) is 48.6 Å². The first-order chi connectivity index (χ1) is 12.6. The van der Waals surface area contributed by atoms with Crippen molar-refractivity contribution < 1.29 is 14.3 Å². The summed E-state index contributed by atoms with van der Waals surface area (Å²) in [5.41, 5.74) is 2.66. The summed E-state index contributed by atoms with van der Waals surface area (Å²) >= 11 is 0. The summed E-state index contributed by atoms with van der Waals surface area (Å²) in [4.78, 5) is 14.8. The predicted molar refractivity (Wildman–Crippen MR) is 103 cm³/mol. The molecule has 4 nitrogen and oxygen atoms in total.